The number of hydrogen-bond donors (Lipinski definition) is 1. The van der Waals surface area contributed by atoms with Crippen molar-refractivity contribution in [2.75, 3.05) is 6.54 Å². The molecule has 3 nitrogen and oxygen atoms in total. The molecule has 0 spiro atoms. The quantitative estimate of drug-likeness (QED) is 0.756. The second kappa shape index (κ2) is 6.52. The van der Waals surface area contributed by atoms with Crippen LogP contribution in [0.1, 0.15) is 42.3 Å². The fourth-order valence-electron chi connectivity index (χ4n) is 2.76. The van der Waals surface area contributed by atoms with Crippen LogP contribution in [0.2, 0.25) is 0 Å². The van der Waals surface area contributed by atoms with Gasteiger partial charge in [0.1, 0.15) is 5.58 Å². The van der Waals surface area contributed by atoms with E-state index >= 15 is 0 Å². The van der Waals surface area contributed by atoms with Gasteiger partial charge in [0.15, 0.2) is 0 Å². The standard InChI is InChI=1S/C21H23NO2/c1-21(2,3)17-10-8-15(9-11-17)20(23)22-13-12-16-14-24-19-7-5-4-6-18(16)19/h4-11,14H,12-13H2,1-3H3,(H,22,23). The number of carbonyl (C=O) groups excluding carboxylic acids is 1. The lowest BCUT2D eigenvalue weighted by atomic mass is 9.87. The normalized spacial score (nSPS) is 11.6. The Hall–Kier alpha value is -2.55. The van der Waals surface area contributed by atoms with Gasteiger partial charge in [-0.15, -0.1) is 0 Å². The molecule has 0 fully saturated rings. The Morgan fingerprint density at radius 1 is 1.04 bits per heavy atom. The largest absolute Gasteiger partial charge is 0.464 e. The molecule has 0 atom stereocenters. The molecule has 0 unspecified atom stereocenters. The molecule has 0 radical (unpaired) electrons. The molecule has 3 rings (SSSR count). The van der Waals surface area contributed by atoms with Crippen LogP contribution in [0.15, 0.2) is 59.2 Å². The average molecular weight is 321 g/mol. The molecule has 1 N–H and O–H groups in total. The Bertz CT molecular complexity index is 838. The van der Waals surface area contributed by atoms with E-state index < -0.39 is 0 Å². The summed E-state index contributed by atoms with van der Waals surface area (Å²) in [5.74, 6) is -0.0386. The van der Waals surface area contributed by atoms with Gasteiger partial charge in [-0.1, -0.05) is 51.1 Å². The maximum atomic E-state index is 12.3. The highest BCUT2D eigenvalue weighted by molar-refractivity contribution is 5.94. The van der Waals surface area contributed by atoms with Crippen LogP contribution < -0.4 is 5.32 Å². The molecule has 0 saturated carbocycles. The van der Waals surface area contributed by atoms with E-state index in [2.05, 4.69) is 26.1 Å². The summed E-state index contributed by atoms with van der Waals surface area (Å²) in [6, 6.07) is 15.8. The molecule has 0 aliphatic carbocycles. The summed E-state index contributed by atoms with van der Waals surface area (Å²) in [5.41, 5.74) is 4.02. The molecule has 3 aromatic rings. The zero-order valence-corrected chi connectivity index (χ0v) is 14.4. The summed E-state index contributed by atoms with van der Waals surface area (Å²) in [4.78, 5) is 12.3. The Labute approximate surface area is 142 Å². The van der Waals surface area contributed by atoms with Gasteiger partial charge >= 0.3 is 0 Å². The summed E-state index contributed by atoms with van der Waals surface area (Å²) >= 11 is 0. The van der Waals surface area contributed by atoms with Gasteiger partial charge in [0.05, 0.1) is 6.26 Å². The number of furan rings is 1. The molecule has 2 aromatic carbocycles. The first kappa shape index (κ1) is 16.3. The van der Waals surface area contributed by atoms with Gasteiger partial charge in [0.25, 0.3) is 5.91 Å². The van der Waals surface area contributed by atoms with Crippen LogP contribution in [0.3, 0.4) is 0 Å². The van der Waals surface area contributed by atoms with Gasteiger partial charge in [-0.3, -0.25) is 4.79 Å². The topological polar surface area (TPSA) is 42.2 Å². The summed E-state index contributed by atoms with van der Waals surface area (Å²) in [6.45, 7) is 7.08. The SMILES string of the molecule is CC(C)(C)c1ccc(C(=O)NCCc2coc3ccccc23)cc1. The molecule has 0 saturated heterocycles. The predicted octanol–water partition coefficient (Wildman–Crippen LogP) is 4.70. The summed E-state index contributed by atoms with van der Waals surface area (Å²) in [7, 11) is 0. The van der Waals surface area contributed by atoms with E-state index in [1.54, 1.807) is 6.26 Å². The van der Waals surface area contributed by atoms with Crippen molar-refractivity contribution in [3.05, 3.63) is 71.5 Å². The first-order chi connectivity index (χ1) is 11.4. The van der Waals surface area contributed by atoms with Crippen LogP contribution in [-0.4, -0.2) is 12.5 Å². The van der Waals surface area contributed by atoms with Gasteiger partial charge in [0.2, 0.25) is 0 Å². The Balaban J connectivity index is 1.59. The van der Waals surface area contributed by atoms with Crippen molar-refractivity contribution in [1.82, 2.24) is 5.32 Å². The minimum absolute atomic E-state index is 0.0386. The van der Waals surface area contributed by atoms with Gasteiger partial charge in [-0.2, -0.15) is 0 Å². The van der Waals surface area contributed by atoms with Crippen molar-refractivity contribution in [2.45, 2.75) is 32.6 Å². The van der Waals surface area contributed by atoms with Crippen molar-refractivity contribution in [1.29, 1.82) is 0 Å². The van der Waals surface area contributed by atoms with Crippen LogP contribution in [0.4, 0.5) is 0 Å². The van der Waals surface area contributed by atoms with Crippen molar-refractivity contribution in [3.8, 4) is 0 Å². The molecule has 0 bridgehead atoms. The lowest BCUT2D eigenvalue weighted by molar-refractivity contribution is 0.0954. The van der Waals surface area contributed by atoms with Crippen LogP contribution >= 0.6 is 0 Å². The minimum atomic E-state index is -0.0386. The van der Waals surface area contributed by atoms with Gasteiger partial charge in [0, 0.05) is 17.5 Å². The highest BCUT2D eigenvalue weighted by Gasteiger charge is 2.14. The zero-order valence-electron chi connectivity index (χ0n) is 14.4. The van der Waals surface area contributed by atoms with Crippen LogP contribution in [0.5, 0.6) is 0 Å². The Kier molecular flexibility index (Phi) is 4.43. The maximum Gasteiger partial charge on any atom is 0.251 e. The molecule has 1 heterocycles. The summed E-state index contributed by atoms with van der Waals surface area (Å²) in [6.07, 6.45) is 2.53. The van der Waals surface area contributed by atoms with Crippen LogP contribution in [0, 0.1) is 0 Å². The third-order valence-electron chi connectivity index (χ3n) is 4.25. The number of hydrogen-bond acceptors (Lipinski definition) is 2. The van der Waals surface area contributed by atoms with E-state index in [9.17, 15) is 4.79 Å². The lowest BCUT2D eigenvalue weighted by Crippen LogP contribution is -2.25. The fourth-order valence-corrected chi connectivity index (χ4v) is 2.76. The number of fused-ring (bicyclic) bond motifs is 1. The first-order valence-electron chi connectivity index (χ1n) is 8.29. The smallest absolute Gasteiger partial charge is 0.251 e. The molecule has 1 amide bonds. The Morgan fingerprint density at radius 2 is 1.75 bits per heavy atom. The van der Waals surface area contributed by atoms with E-state index in [0.717, 1.165) is 23.0 Å². The molecule has 1 aromatic heterocycles. The number of amides is 1. The maximum absolute atomic E-state index is 12.3. The van der Waals surface area contributed by atoms with Crippen LogP contribution in [-0.2, 0) is 11.8 Å². The molecule has 3 heteroatoms. The van der Waals surface area contributed by atoms with Crippen molar-refractivity contribution >= 4 is 16.9 Å². The first-order valence-corrected chi connectivity index (χ1v) is 8.29. The summed E-state index contributed by atoms with van der Waals surface area (Å²) in [5, 5.41) is 4.09. The van der Waals surface area contributed by atoms with Crippen molar-refractivity contribution < 1.29 is 9.21 Å². The summed E-state index contributed by atoms with van der Waals surface area (Å²) < 4.78 is 5.52. The monoisotopic (exact) mass is 321 g/mol. The minimum Gasteiger partial charge on any atom is -0.464 e. The number of nitrogens with one attached hydrogen (secondary N) is 1. The number of benzene rings is 2. The van der Waals surface area contributed by atoms with Crippen molar-refractivity contribution in [3.63, 3.8) is 0 Å². The third-order valence-corrected chi connectivity index (χ3v) is 4.25. The van der Waals surface area contributed by atoms with E-state index in [1.807, 2.05) is 48.5 Å². The molecular weight excluding hydrogens is 298 g/mol. The highest BCUT2D eigenvalue weighted by Crippen LogP contribution is 2.22. The van der Waals surface area contributed by atoms with E-state index in [4.69, 9.17) is 4.42 Å². The fraction of sp³-hybridized carbons (Fsp3) is 0.286. The lowest BCUT2D eigenvalue weighted by Gasteiger charge is -2.19. The Morgan fingerprint density at radius 3 is 2.46 bits per heavy atom. The molecule has 0 aliphatic rings. The van der Waals surface area contributed by atoms with Crippen molar-refractivity contribution in [2.24, 2.45) is 0 Å². The number of carbonyl (C=O) groups is 1. The molecule has 124 valence electrons. The highest BCUT2D eigenvalue weighted by atomic mass is 16.3. The van der Waals surface area contributed by atoms with Gasteiger partial charge in [-0.25, -0.2) is 0 Å². The average Bonchev–Trinajstić information content (AvgIpc) is 2.97. The van der Waals surface area contributed by atoms with E-state index in [0.29, 0.717) is 12.1 Å². The van der Waals surface area contributed by atoms with Gasteiger partial charge in [-0.05, 0) is 41.2 Å². The molecule has 24 heavy (non-hydrogen) atoms. The van der Waals surface area contributed by atoms with Gasteiger partial charge < -0.3 is 9.73 Å². The molecule has 0 aliphatic heterocycles. The third kappa shape index (κ3) is 3.51. The van der Waals surface area contributed by atoms with E-state index in [-0.39, 0.29) is 11.3 Å². The second-order valence-electron chi connectivity index (χ2n) is 7.09. The van der Waals surface area contributed by atoms with E-state index in [1.165, 1.54) is 5.56 Å². The predicted molar refractivity (Wildman–Crippen MR) is 97.4 cm³/mol. The number of para-hydroxylation sites is 1. The molecular formula is C21H23NO2. The van der Waals surface area contributed by atoms with Crippen LogP contribution in [0.25, 0.3) is 11.0 Å². The zero-order chi connectivity index (χ0) is 17.2. The number of rotatable bonds is 4. The second-order valence-corrected chi connectivity index (χ2v) is 7.09.